The van der Waals surface area contributed by atoms with E-state index in [0.29, 0.717) is 18.0 Å². The number of nitrogens with zero attached hydrogens (tertiary/aromatic N) is 3. The van der Waals surface area contributed by atoms with Crippen LogP contribution in [0.3, 0.4) is 0 Å². The van der Waals surface area contributed by atoms with E-state index in [0.717, 1.165) is 61.9 Å². The van der Waals surface area contributed by atoms with Crippen molar-refractivity contribution in [1.82, 2.24) is 9.21 Å². The summed E-state index contributed by atoms with van der Waals surface area (Å²) in [6, 6.07) is 12.0. The van der Waals surface area contributed by atoms with Gasteiger partial charge in [-0.2, -0.15) is 0 Å². The third-order valence-electron chi connectivity index (χ3n) is 6.05. The number of carbonyl (C=O) groups excluding carboxylic acids is 1. The van der Waals surface area contributed by atoms with Crippen LogP contribution < -0.4 is 24.4 Å². The molecule has 3 aliphatic rings. The molecule has 0 unspecified atom stereocenters. The number of amides is 2. The van der Waals surface area contributed by atoms with Gasteiger partial charge in [0.1, 0.15) is 11.4 Å². The highest BCUT2D eigenvalue weighted by atomic mass is 32.2. The number of fused-ring (bicyclic) bond motifs is 3. The highest BCUT2D eigenvalue weighted by molar-refractivity contribution is 7.97. The number of hydrogen-bond acceptors (Lipinski definition) is 7. The minimum absolute atomic E-state index is 0.100. The zero-order valence-electron chi connectivity index (χ0n) is 18.2. The zero-order valence-corrected chi connectivity index (χ0v) is 19.0. The number of methoxy groups -OCH3 is 1. The lowest BCUT2D eigenvalue weighted by atomic mass is 10.2. The van der Waals surface area contributed by atoms with Crippen molar-refractivity contribution >= 4 is 29.4 Å². The molecule has 0 saturated carbocycles. The second-order valence-electron chi connectivity index (χ2n) is 8.00. The van der Waals surface area contributed by atoms with Crippen molar-refractivity contribution in [2.75, 3.05) is 63.4 Å². The number of ether oxygens (including phenoxy) is 3. The van der Waals surface area contributed by atoms with Crippen molar-refractivity contribution in [3.63, 3.8) is 0 Å². The first-order valence-electron chi connectivity index (χ1n) is 11.0. The van der Waals surface area contributed by atoms with Gasteiger partial charge in [-0.25, -0.2) is 4.79 Å². The monoisotopic (exact) mass is 456 g/mol. The fourth-order valence-electron chi connectivity index (χ4n) is 4.32. The molecule has 2 aromatic carbocycles. The van der Waals surface area contributed by atoms with Crippen LogP contribution in [0, 0.1) is 0 Å². The molecule has 1 fully saturated rings. The van der Waals surface area contributed by atoms with E-state index in [9.17, 15) is 4.79 Å². The Morgan fingerprint density at radius 2 is 1.84 bits per heavy atom. The van der Waals surface area contributed by atoms with Crippen LogP contribution in [0.25, 0.3) is 0 Å². The molecule has 0 aliphatic carbocycles. The van der Waals surface area contributed by atoms with Crippen LogP contribution >= 0.6 is 11.9 Å². The van der Waals surface area contributed by atoms with Gasteiger partial charge >= 0.3 is 6.03 Å². The number of urea groups is 1. The van der Waals surface area contributed by atoms with Crippen LogP contribution in [0.5, 0.6) is 17.2 Å². The molecule has 2 aromatic rings. The maximum Gasteiger partial charge on any atom is 0.332 e. The number of hydrogen-bond donors (Lipinski definition) is 1. The molecule has 8 nitrogen and oxygen atoms in total. The number of nitrogens with one attached hydrogen (secondary N) is 1. The minimum atomic E-state index is -0.100. The summed E-state index contributed by atoms with van der Waals surface area (Å²) in [6.45, 7) is 6.04. The number of unbranched alkanes of at least 4 members (excludes halogenated alkanes) is 1. The summed E-state index contributed by atoms with van der Waals surface area (Å²) < 4.78 is 18.2. The largest absolute Gasteiger partial charge is 0.495 e. The number of para-hydroxylation sites is 2. The number of piperazine rings is 1. The Kier molecular flexibility index (Phi) is 6.18. The van der Waals surface area contributed by atoms with Crippen molar-refractivity contribution < 1.29 is 19.0 Å². The van der Waals surface area contributed by atoms with Gasteiger partial charge in [0.2, 0.25) is 6.79 Å². The Labute approximate surface area is 192 Å². The van der Waals surface area contributed by atoms with Crippen LogP contribution in [0.15, 0.2) is 41.3 Å². The molecule has 3 heterocycles. The van der Waals surface area contributed by atoms with Crippen molar-refractivity contribution in [3.05, 3.63) is 36.4 Å². The van der Waals surface area contributed by atoms with Gasteiger partial charge in [0.05, 0.1) is 17.7 Å². The number of rotatable bonds is 7. The van der Waals surface area contributed by atoms with Crippen molar-refractivity contribution in [1.29, 1.82) is 0 Å². The van der Waals surface area contributed by atoms with Gasteiger partial charge < -0.3 is 24.4 Å². The lowest BCUT2D eigenvalue weighted by Crippen LogP contribution is -2.46. The topological polar surface area (TPSA) is 66.5 Å². The third-order valence-corrected chi connectivity index (χ3v) is 7.16. The minimum Gasteiger partial charge on any atom is -0.495 e. The number of benzene rings is 2. The Bertz CT molecular complexity index is 980. The summed E-state index contributed by atoms with van der Waals surface area (Å²) in [5.74, 6) is 2.25. The van der Waals surface area contributed by atoms with E-state index >= 15 is 0 Å². The highest BCUT2D eigenvalue weighted by Gasteiger charge is 2.30. The third kappa shape index (κ3) is 4.27. The molecular formula is C23H28N4O4S. The molecule has 2 amide bonds. The summed E-state index contributed by atoms with van der Waals surface area (Å²) in [5.41, 5.74) is 1.89. The van der Waals surface area contributed by atoms with E-state index in [1.54, 1.807) is 11.4 Å². The summed E-state index contributed by atoms with van der Waals surface area (Å²) in [6.07, 6.45) is 2.03. The van der Waals surface area contributed by atoms with Crippen LogP contribution in [0.4, 0.5) is 16.2 Å². The second-order valence-corrected chi connectivity index (χ2v) is 9.07. The first-order chi connectivity index (χ1) is 15.7. The molecule has 0 radical (unpaired) electrons. The molecular weight excluding hydrogens is 428 g/mol. The maximum absolute atomic E-state index is 12.5. The van der Waals surface area contributed by atoms with E-state index < -0.39 is 0 Å². The van der Waals surface area contributed by atoms with Gasteiger partial charge in [0, 0.05) is 32.7 Å². The lowest BCUT2D eigenvalue weighted by molar-refractivity contribution is 0.174. The second kappa shape index (κ2) is 9.38. The quantitative estimate of drug-likeness (QED) is 0.501. The molecule has 32 heavy (non-hydrogen) atoms. The van der Waals surface area contributed by atoms with Gasteiger partial charge in [0.25, 0.3) is 0 Å². The molecule has 0 spiro atoms. The molecule has 170 valence electrons. The maximum atomic E-state index is 12.5. The van der Waals surface area contributed by atoms with Crippen molar-refractivity contribution in [3.8, 4) is 17.2 Å². The van der Waals surface area contributed by atoms with Gasteiger partial charge in [-0.05, 0) is 55.6 Å². The fourth-order valence-corrected chi connectivity index (χ4v) is 5.27. The Morgan fingerprint density at radius 1 is 1.03 bits per heavy atom. The number of anilines is 2. The Morgan fingerprint density at radius 3 is 2.69 bits per heavy atom. The van der Waals surface area contributed by atoms with E-state index in [4.69, 9.17) is 14.2 Å². The van der Waals surface area contributed by atoms with Crippen LogP contribution in [-0.4, -0.2) is 68.4 Å². The fraction of sp³-hybridized carbons (Fsp3) is 0.435. The van der Waals surface area contributed by atoms with E-state index in [-0.39, 0.29) is 12.8 Å². The molecule has 1 saturated heterocycles. The Hall–Kier alpha value is -2.78. The Balaban J connectivity index is 1.06. The van der Waals surface area contributed by atoms with Crippen molar-refractivity contribution in [2.24, 2.45) is 0 Å². The molecule has 0 bridgehead atoms. The first-order valence-corrected chi connectivity index (χ1v) is 11.8. The molecule has 1 N–H and O–H groups in total. The first kappa shape index (κ1) is 21.1. The predicted octanol–water partition coefficient (Wildman–Crippen LogP) is 3.88. The van der Waals surface area contributed by atoms with Crippen molar-refractivity contribution in [2.45, 2.75) is 17.7 Å². The summed E-state index contributed by atoms with van der Waals surface area (Å²) >= 11 is 1.47. The average molecular weight is 457 g/mol. The molecule has 0 atom stereocenters. The molecule has 3 aliphatic heterocycles. The summed E-state index contributed by atoms with van der Waals surface area (Å²) in [4.78, 5) is 18.4. The normalized spacial score (nSPS) is 17.8. The molecule has 0 aromatic heterocycles. The van der Waals surface area contributed by atoms with Gasteiger partial charge in [-0.1, -0.05) is 12.1 Å². The van der Waals surface area contributed by atoms with Crippen LogP contribution in [0.1, 0.15) is 12.8 Å². The predicted molar refractivity (Wildman–Crippen MR) is 125 cm³/mol. The molecule has 5 rings (SSSR count). The van der Waals surface area contributed by atoms with Crippen LogP contribution in [0.2, 0.25) is 0 Å². The van der Waals surface area contributed by atoms with E-state index in [1.807, 2.05) is 24.3 Å². The highest BCUT2D eigenvalue weighted by Crippen LogP contribution is 2.47. The summed E-state index contributed by atoms with van der Waals surface area (Å²) in [5, 5.41) is 2.97. The number of carbonyl (C=O) groups is 1. The van der Waals surface area contributed by atoms with Crippen LogP contribution in [-0.2, 0) is 0 Å². The lowest BCUT2D eigenvalue weighted by Gasteiger charge is -2.36. The standard InChI is InChI=1S/C23H28N4O4S/c1-29-18-7-3-2-6-17(18)26-14-12-25(13-15-26)10-4-5-11-27-23(28)24-21-20(32-27)9-8-19-22(21)31-16-30-19/h2-3,6-9H,4-5,10-16H2,1H3,(H,24,28). The zero-order chi connectivity index (χ0) is 21.9. The van der Waals surface area contributed by atoms with E-state index in [1.165, 1.54) is 17.6 Å². The average Bonchev–Trinajstić information content (AvgIpc) is 3.32. The van der Waals surface area contributed by atoms with E-state index in [2.05, 4.69) is 27.2 Å². The smallest absolute Gasteiger partial charge is 0.332 e. The van der Waals surface area contributed by atoms with Gasteiger partial charge in [-0.3, -0.25) is 9.21 Å². The summed E-state index contributed by atoms with van der Waals surface area (Å²) in [7, 11) is 1.73. The molecule has 9 heteroatoms. The van der Waals surface area contributed by atoms with Gasteiger partial charge in [-0.15, -0.1) is 0 Å². The van der Waals surface area contributed by atoms with Gasteiger partial charge in [0.15, 0.2) is 11.5 Å². The SMILES string of the molecule is COc1ccccc1N1CCN(CCCCN2Sc3ccc4c(c3NC2=O)OCO4)CC1.